The maximum Gasteiger partial charge on any atom is 0.171 e. The molecule has 0 bridgehead atoms. The molecule has 0 fully saturated rings. The summed E-state index contributed by atoms with van der Waals surface area (Å²) in [6.45, 7) is 6.11. The van der Waals surface area contributed by atoms with Crippen LogP contribution in [0.4, 0.5) is 5.69 Å². The molecule has 0 saturated heterocycles. The van der Waals surface area contributed by atoms with Gasteiger partial charge in [0, 0.05) is 5.54 Å². The van der Waals surface area contributed by atoms with Crippen molar-refractivity contribution in [3.05, 3.63) is 12.5 Å². The molecular weight excluding hydrogens is 186 g/mol. The highest BCUT2D eigenvalue weighted by molar-refractivity contribution is 7.80. The smallest absolute Gasteiger partial charge is 0.171 e. The maximum absolute atomic E-state index is 5.06. The fourth-order valence-corrected chi connectivity index (χ4v) is 1.19. The Bertz CT molecular complexity index is 276. The lowest BCUT2D eigenvalue weighted by Crippen LogP contribution is -2.42. The van der Waals surface area contributed by atoms with Crippen LogP contribution in [0.1, 0.15) is 20.8 Å². The molecule has 0 aliphatic heterocycles. The molecule has 0 unspecified atom stereocenters. The van der Waals surface area contributed by atoms with E-state index in [4.69, 9.17) is 12.2 Å². The van der Waals surface area contributed by atoms with Crippen molar-refractivity contribution in [2.45, 2.75) is 26.3 Å². The van der Waals surface area contributed by atoms with Crippen molar-refractivity contribution < 1.29 is 4.52 Å². The minimum atomic E-state index is -0.0404. The molecule has 13 heavy (non-hydrogen) atoms. The molecule has 0 amide bonds. The molecule has 1 aromatic heterocycles. The van der Waals surface area contributed by atoms with Gasteiger partial charge >= 0.3 is 0 Å². The molecule has 1 rings (SSSR count). The Morgan fingerprint density at radius 2 is 2.23 bits per heavy atom. The molecule has 0 aromatic carbocycles. The molecular formula is C8H13N3OS. The molecule has 0 atom stereocenters. The first-order chi connectivity index (χ1) is 5.97. The van der Waals surface area contributed by atoms with E-state index >= 15 is 0 Å². The van der Waals surface area contributed by atoms with Crippen LogP contribution in [0.25, 0.3) is 0 Å². The van der Waals surface area contributed by atoms with Gasteiger partial charge in [0.15, 0.2) is 5.11 Å². The van der Waals surface area contributed by atoms with Crippen LogP contribution in [0.5, 0.6) is 0 Å². The predicted molar refractivity (Wildman–Crippen MR) is 55.6 cm³/mol. The van der Waals surface area contributed by atoms with Gasteiger partial charge in [0.1, 0.15) is 12.0 Å². The number of aromatic nitrogens is 1. The minimum absolute atomic E-state index is 0.0404. The van der Waals surface area contributed by atoms with Crippen molar-refractivity contribution >= 4 is 23.0 Å². The van der Waals surface area contributed by atoms with Crippen LogP contribution in [0, 0.1) is 0 Å². The van der Waals surface area contributed by atoms with Gasteiger partial charge in [-0.3, -0.25) is 0 Å². The minimum Gasteiger partial charge on any atom is -0.363 e. The molecule has 2 N–H and O–H groups in total. The quantitative estimate of drug-likeness (QED) is 0.675. The van der Waals surface area contributed by atoms with Crippen molar-refractivity contribution in [1.82, 2.24) is 10.5 Å². The zero-order valence-corrected chi connectivity index (χ0v) is 8.73. The third kappa shape index (κ3) is 3.89. The monoisotopic (exact) mass is 199 g/mol. The summed E-state index contributed by atoms with van der Waals surface area (Å²) in [7, 11) is 0. The summed E-state index contributed by atoms with van der Waals surface area (Å²) in [5, 5.41) is 10.2. The third-order valence-corrected chi connectivity index (χ3v) is 1.38. The van der Waals surface area contributed by atoms with E-state index in [1.165, 1.54) is 6.26 Å². The molecule has 5 heteroatoms. The molecule has 0 aliphatic carbocycles. The van der Waals surface area contributed by atoms with Gasteiger partial charge in [0.25, 0.3) is 0 Å². The number of nitrogens with one attached hydrogen (secondary N) is 2. The highest BCUT2D eigenvalue weighted by Crippen LogP contribution is 2.05. The second-order valence-corrected chi connectivity index (χ2v) is 4.15. The lowest BCUT2D eigenvalue weighted by molar-refractivity contribution is 0.420. The van der Waals surface area contributed by atoms with Gasteiger partial charge in [-0.15, -0.1) is 0 Å². The van der Waals surface area contributed by atoms with Crippen molar-refractivity contribution in [2.75, 3.05) is 5.32 Å². The number of rotatable bonds is 1. The Morgan fingerprint density at radius 1 is 1.54 bits per heavy atom. The third-order valence-electron chi connectivity index (χ3n) is 1.18. The molecule has 0 radical (unpaired) electrons. The van der Waals surface area contributed by atoms with Gasteiger partial charge in [0.2, 0.25) is 0 Å². The van der Waals surface area contributed by atoms with Gasteiger partial charge < -0.3 is 15.2 Å². The number of hydrogen-bond acceptors (Lipinski definition) is 3. The van der Waals surface area contributed by atoms with Crippen LogP contribution < -0.4 is 10.6 Å². The topological polar surface area (TPSA) is 50.1 Å². The van der Waals surface area contributed by atoms with Crippen LogP contribution in [-0.4, -0.2) is 15.8 Å². The van der Waals surface area contributed by atoms with E-state index in [2.05, 4.69) is 20.3 Å². The zero-order valence-electron chi connectivity index (χ0n) is 7.92. The Kier molecular flexibility index (Phi) is 2.87. The molecule has 72 valence electrons. The first kappa shape index (κ1) is 9.98. The molecule has 4 nitrogen and oxygen atoms in total. The molecule has 1 heterocycles. The maximum atomic E-state index is 5.06. The normalized spacial score (nSPS) is 11.0. The number of anilines is 1. The van der Waals surface area contributed by atoms with Gasteiger partial charge in [-0.25, -0.2) is 0 Å². The summed E-state index contributed by atoms with van der Waals surface area (Å²) >= 11 is 5.06. The number of hydrogen-bond donors (Lipinski definition) is 2. The van der Waals surface area contributed by atoms with E-state index in [0.717, 1.165) is 5.69 Å². The van der Waals surface area contributed by atoms with Crippen LogP contribution >= 0.6 is 12.2 Å². The SMILES string of the molecule is CC(C)(C)NC(=S)Nc1cnoc1. The number of nitrogens with zero attached hydrogens (tertiary/aromatic N) is 1. The molecule has 0 aliphatic rings. The van der Waals surface area contributed by atoms with Crippen LogP contribution in [0.3, 0.4) is 0 Å². The van der Waals surface area contributed by atoms with Crippen LogP contribution in [0.2, 0.25) is 0 Å². The van der Waals surface area contributed by atoms with Crippen LogP contribution in [0.15, 0.2) is 17.0 Å². The Balaban J connectivity index is 2.43. The Hall–Kier alpha value is -1.10. The van der Waals surface area contributed by atoms with Crippen molar-refractivity contribution in [3.8, 4) is 0 Å². The van der Waals surface area contributed by atoms with E-state index in [0.29, 0.717) is 5.11 Å². The fourth-order valence-electron chi connectivity index (χ4n) is 0.770. The van der Waals surface area contributed by atoms with E-state index in [1.807, 2.05) is 20.8 Å². The van der Waals surface area contributed by atoms with Crippen molar-refractivity contribution in [2.24, 2.45) is 0 Å². The Morgan fingerprint density at radius 3 is 2.69 bits per heavy atom. The second-order valence-electron chi connectivity index (χ2n) is 3.74. The lowest BCUT2D eigenvalue weighted by Gasteiger charge is -2.22. The summed E-state index contributed by atoms with van der Waals surface area (Å²) in [4.78, 5) is 0. The van der Waals surface area contributed by atoms with Crippen molar-refractivity contribution in [3.63, 3.8) is 0 Å². The fraction of sp³-hybridized carbons (Fsp3) is 0.500. The van der Waals surface area contributed by atoms with Crippen LogP contribution in [-0.2, 0) is 0 Å². The van der Waals surface area contributed by atoms with Crippen molar-refractivity contribution in [1.29, 1.82) is 0 Å². The average molecular weight is 199 g/mol. The second kappa shape index (κ2) is 3.74. The predicted octanol–water partition coefficient (Wildman–Crippen LogP) is 1.76. The highest BCUT2D eigenvalue weighted by Gasteiger charge is 2.11. The summed E-state index contributed by atoms with van der Waals surface area (Å²) < 4.78 is 4.65. The Labute approximate surface area is 82.7 Å². The van der Waals surface area contributed by atoms with Gasteiger partial charge in [-0.1, -0.05) is 5.16 Å². The van der Waals surface area contributed by atoms with E-state index in [-0.39, 0.29) is 5.54 Å². The first-order valence-corrected chi connectivity index (χ1v) is 4.37. The van der Waals surface area contributed by atoms with E-state index < -0.39 is 0 Å². The first-order valence-electron chi connectivity index (χ1n) is 3.96. The number of thiocarbonyl (C=S) groups is 1. The average Bonchev–Trinajstić information content (AvgIpc) is 2.34. The largest absolute Gasteiger partial charge is 0.363 e. The summed E-state index contributed by atoms with van der Waals surface area (Å²) in [5.74, 6) is 0. The summed E-state index contributed by atoms with van der Waals surface area (Å²) in [6.07, 6.45) is 3.06. The summed E-state index contributed by atoms with van der Waals surface area (Å²) in [6, 6.07) is 0. The van der Waals surface area contributed by atoms with Gasteiger partial charge in [0.05, 0.1) is 6.20 Å². The standard InChI is InChI=1S/C8H13N3OS/c1-8(2,3)11-7(13)10-6-4-9-12-5-6/h4-5H,1-3H3,(H2,10,11,13). The van der Waals surface area contributed by atoms with Gasteiger partial charge in [-0.2, -0.15) is 0 Å². The zero-order chi connectivity index (χ0) is 9.90. The van der Waals surface area contributed by atoms with E-state index in [9.17, 15) is 0 Å². The van der Waals surface area contributed by atoms with E-state index in [1.54, 1.807) is 6.20 Å². The molecule has 0 saturated carbocycles. The van der Waals surface area contributed by atoms with Gasteiger partial charge in [-0.05, 0) is 33.0 Å². The molecule has 1 aromatic rings. The summed E-state index contributed by atoms with van der Waals surface area (Å²) in [5.41, 5.74) is 0.711. The highest BCUT2D eigenvalue weighted by atomic mass is 32.1. The lowest BCUT2D eigenvalue weighted by atomic mass is 10.1. The molecule has 0 spiro atoms.